The van der Waals surface area contributed by atoms with Gasteiger partial charge in [-0.3, -0.25) is 14.9 Å². The SMILES string of the molecule is CC(C)(C)[C@@H]1CCc2c(sc(N=Cc3ccc(N4CCOCC4)c([N+](=O)[O-])c3)c2C(=O)Nc2ccccc2)C1. The van der Waals surface area contributed by atoms with Crippen molar-refractivity contribution in [1.82, 2.24) is 0 Å². The Bertz CT molecular complexity index is 1390. The van der Waals surface area contributed by atoms with Gasteiger partial charge in [-0.15, -0.1) is 11.3 Å². The Morgan fingerprint density at radius 2 is 1.92 bits per heavy atom. The highest BCUT2D eigenvalue weighted by Crippen LogP contribution is 2.45. The molecule has 3 aromatic rings. The maximum absolute atomic E-state index is 13.5. The number of amides is 1. The van der Waals surface area contributed by atoms with Gasteiger partial charge in [0, 0.05) is 35.9 Å². The summed E-state index contributed by atoms with van der Waals surface area (Å²) in [7, 11) is 0. The number of carbonyl (C=O) groups is 1. The Morgan fingerprint density at radius 1 is 1.18 bits per heavy atom. The highest BCUT2D eigenvalue weighted by molar-refractivity contribution is 7.16. The van der Waals surface area contributed by atoms with Crippen molar-refractivity contribution in [3.8, 4) is 0 Å². The number of nitro groups is 1. The highest BCUT2D eigenvalue weighted by atomic mass is 32.1. The molecule has 0 spiro atoms. The molecule has 1 saturated heterocycles. The minimum Gasteiger partial charge on any atom is -0.378 e. The number of nitro benzene ring substituents is 1. The molecule has 5 rings (SSSR count). The first kappa shape index (κ1) is 27.0. The summed E-state index contributed by atoms with van der Waals surface area (Å²) in [5.41, 5.74) is 3.85. The molecule has 1 amide bonds. The number of morpholine rings is 1. The molecule has 0 saturated carbocycles. The number of benzene rings is 2. The molecule has 0 radical (unpaired) electrons. The van der Waals surface area contributed by atoms with E-state index >= 15 is 0 Å². The Morgan fingerprint density at radius 3 is 2.62 bits per heavy atom. The number of hydrogen-bond donors (Lipinski definition) is 1. The number of para-hydroxylation sites is 1. The van der Waals surface area contributed by atoms with Crippen molar-refractivity contribution in [3.63, 3.8) is 0 Å². The third-order valence-corrected chi connectivity index (χ3v) is 8.77. The van der Waals surface area contributed by atoms with Crippen LogP contribution in [0, 0.1) is 21.4 Å². The molecule has 204 valence electrons. The fourth-order valence-corrected chi connectivity index (χ4v) is 6.59. The lowest BCUT2D eigenvalue weighted by Gasteiger charge is -2.33. The third kappa shape index (κ3) is 6.04. The fraction of sp³-hybridized carbons (Fsp3) is 0.400. The number of aliphatic imine (C=N–C) groups is 1. The molecule has 1 aliphatic heterocycles. The van der Waals surface area contributed by atoms with E-state index in [0.717, 1.165) is 30.5 Å². The predicted molar refractivity (Wildman–Crippen MR) is 157 cm³/mol. The van der Waals surface area contributed by atoms with Crippen LogP contribution in [0.5, 0.6) is 0 Å². The molecular formula is C30H34N4O4S. The minimum absolute atomic E-state index is 0.0430. The number of rotatable bonds is 6. The average molecular weight is 547 g/mol. The van der Waals surface area contributed by atoms with Crippen molar-refractivity contribution in [2.75, 3.05) is 36.5 Å². The van der Waals surface area contributed by atoms with E-state index in [4.69, 9.17) is 9.73 Å². The van der Waals surface area contributed by atoms with E-state index in [-0.39, 0.29) is 21.9 Å². The number of thiophene rings is 1. The maximum Gasteiger partial charge on any atom is 0.293 e. The molecule has 9 heteroatoms. The minimum atomic E-state index is -0.350. The summed E-state index contributed by atoms with van der Waals surface area (Å²) >= 11 is 1.56. The van der Waals surface area contributed by atoms with Gasteiger partial charge < -0.3 is 15.0 Å². The van der Waals surface area contributed by atoms with Crippen LogP contribution >= 0.6 is 11.3 Å². The first-order chi connectivity index (χ1) is 18.7. The standard InChI is InChI=1S/C30H34N4O4S/c1-30(2,3)21-10-11-23-26(18-21)39-29(27(23)28(35)32-22-7-5-4-6-8-22)31-19-20-9-12-24(25(17-20)34(36)37)33-13-15-38-16-14-33/h4-9,12,17,19,21H,10-11,13-16,18H2,1-3H3,(H,32,35)/t21-/m1/s1. The van der Waals surface area contributed by atoms with Gasteiger partial charge in [0.05, 0.1) is 23.7 Å². The van der Waals surface area contributed by atoms with Crippen LogP contribution in [-0.4, -0.2) is 43.3 Å². The van der Waals surface area contributed by atoms with Crippen LogP contribution in [0.3, 0.4) is 0 Å². The van der Waals surface area contributed by atoms with Gasteiger partial charge in [0.2, 0.25) is 0 Å². The van der Waals surface area contributed by atoms with Crippen molar-refractivity contribution in [3.05, 3.63) is 80.2 Å². The Balaban J connectivity index is 1.48. The van der Waals surface area contributed by atoms with E-state index in [1.807, 2.05) is 41.3 Å². The molecule has 1 fully saturated rings. The maximum atomic E-state index is 13.5. The van der Waals surface area contributed by atoms with Gasteiger partial charge >= 0.3 is 0 Å². The lowest BCUT2D eigenvalue weighted by Crippen LogP contribution is -2.36. The Labute approximate surface area is 232 Å². The topological polar surface area (TPSA) is 97.1 Å². The van der Waals surface area contributed by atoms with Gasteiger partial charge in [-0.25, -0.2) is 4.99 Å². The van der Waals surface area contributed by atoms with E-state index in [1.54, 1.807) is 29.7 Å². The van der Waals surface area contributed by atoms with Crippen LogP contribution in [0.4, 0.5) is 22.1 Å². The Hall–Kier alpha value is -3.56. The van der Waals surface area contributed by atoms with Crippen LogP contribution in [0.25, 0.3) is 0 Å². The van der Waals surface area contributed by atoms with E-state index in [0.29, 0.717) is 54.0 Å². The molecule has 8 nitrogen and oxygen atoms in total. The second-order valence-electron chi connectivity index (χ2n) is 11.2. The lowest BCUT2D eigenvalue weighted by atomic mass is 9.72. The molecule has 1 aromatic heterocycles. The summed E-state index contributed by atoms with van der Waals surface area (Å²) in [6.45, 7) is 9.14. The molecule has 0 unspecified atom stereocenters. The van der Waals surface area contributed by atoms with Crippen molar-refractivity contribution in [2.45, 2.75) is 40.0 Å². The van der Waals surface area contributed by atoms with Crippen LogP contribution in [0.1, 0.15) is 53.6 Å². The highest BCUT2D eigenvalue weighted by Gasteiger charge is 2.33. The summed E-state index contributed by atoms with van der Waals surface area (Å²) in [5.74, 6) is 0.356. The smallest absolute Gasteiger partial charge is 0.293 e. The van der Waals surface area contributed by atoms with E-state index in [9.17, 15) is 14.9 Å². The molecule has 0 bridgehead atoms. The van der Waals surface area contributed by atoms with Gasteiger partial charge in [0.25, 0.3) is 11.6 Å². The molecule has 2 aromatic carbocycles. The average Bonchev–Trinajstić information content (AvgIpc) is 3.30. The number of hydrogen-bond acceptors (Lipinski definition) is 7. The molecule has 1 atom stereocenters. The molecule has 2 aliphatic rings. The number of ether oxygens (including phenoxy) is 1. The zero-order valence-corrected chi connectivity index (χ0v) is 23.4. The first-order valence-electron chi connectivity index (χ1n) is 13.4. The van der Waals surface area contributed by atoms with Crippen molar-refractivity contribution < 1.29 is 14.5 Å². The van der Waals surface area contributed by atoms with Crippen molar-refractivity contribution in [1.29, 1.82) is 0 Å². The van der Waals surface area contributed by atoms with Crippen molar-refractivity contribution in [2.24, 2.45) is 16.3 Å². The summed E-state index contributed by atoms with van der Waals surface area (Å²) in [6, 6.07) is 14.6. The number of nitrogens with zero attached hydrogens (tertiary/aromatic N) is 3. The van der Waals surface area contributed by atoms with E-state index in [1.165, 1.54) is 4.88 Å². The lowest BCUT2D eigenvalue weighted by molar-refractivity contribution is -0.384. The van der Waals surface area contributed by atoms with Gasteiger partial charge in [-0.1, -0.05) is 45.0 Å². The Kier molecular flexibility index (Phi) is 7.81. The quantitative estimate of drug-likeness (QED) is 0.212. The normalized spacial score (nSPS) is 17.7. The summed E-state index contributed by atoms with van der Waals surface area (Å²) in [6.07, 6.45) is 4.41. The number of fused-ring (bicyclic) bond motifs is 1. The fourth-order valence-electron chi connectivity index (χ4n) is 5.32. The molecule has 1 N–H and O–H groups in total. The van der Waals surface area contributed by atoms with Crippen LogP contribution in [-0.2, 0) is 17.6 Å². The summed E-state index contributed by atoms with van der Waals surface area (Å²) < 4.78 is 5.40. The number of nitrogens with one attached hydrogen (secondary N) is 1. The van der Waals surface area contributed by atoms with Gasteiger partial charge in [-0.05, 0) is 59.9 Å². The second kappa shape index (κ2) is 11.3. The van der Waals surface area contributed by atoms with Gasteiger partial charge in [0.1, 0.15) is 10.7 Å². The zero-order chi connectivity index (χ0) is 27.6. The second-order valence-corrected chi connectivity index (χ2v) is 12.3. The summed E-state index contributed by atoms with van der Waals surface area (Å²) in [4.78, 5) is 33.0. The van der Waals surface area contributed by atoms with Crippen LogP contribution in [0.2, 0.25) is 0 Å². The molecule has 1 aliphatic carbocycles. The van der Waals surface area contributed by atoms with Crippen LogP contribution in [0.15, 0.2) is 53.5 Å². The first-order valence-corrected chi connectivity index (χ1v) is 14.2. The zero-order valence-electron chi connectivity index (χ0n) is 22.6. The van der Waals surface area contributed by atoms with Gasteiger partial charge in [-0.2, -0.15) is 0 Å². The van der Waals surface area contributed by atoms with Crippen LogP contribution < -0.4 is 10.2 Å². The molecule has 39 heavy (non-hydrogen) atoms. The summed E-state index contributed by atoms with van der Waals surface area (Å²) in [5, 5.41) is 15.6. The predicted octanol–water partition coefficient (Wildman–Crippen LogP) is 6.65. The van der Waals surface area contributed by atoms with E-state index < -0.39 is 0 Å². The van der Waals surface area contributed by atoms with E-state index in [2.05, 4.69) is 26.1 Å². The number of carbonyl (C=O) groups excluding carboxylic acids is 1. The number of anilines is 2. The monoisotopic (exact) mass is 546 g/mol. The molecule has 2 heterocycles. The van der Waals surface area contributed by atoms with Gasteiger partial charge in [0.15, 0.2) is 0 Å². The van der Waals surface area contributed by atoms with Crippen molar-refractivity contribution >= 4 is 45.5 Å². The molecular weight excluding hydrogens is 512 g/mol. The third-order valence-electron chi connectivity index (χ3n) is 7.61. The largest absolute Gasteiger partial charge is 0.378 e.